The molecule has 0 aliphatic rings. The van der Waals surface area contributed by atoms with Gasteiger partial charge in [-0.3, -0.25) is 9.78 Å². The fourth-order valence-electron chi connectivity index (χ4n) is 3.15. The van der Waals surface area contributed by atoms with Crippen molar-refractivity contribution in [3.8, 4) is 11.6 Å². The van der Waals surface area contributed by atoms with Crippen LogP contribution in [0.5, 0.6) is 11.6 Å². The highest BCUT2D eigenvalue weighted by Gasteiger charge is 2.30. The summed E-state index contributed by atoms with van der Waals surface area (Å²) in [7, 11) is 0. The van der Waals surface area contributed by atoms with E-state index in [1.54, 1.807) is 31.5 Å². The quantitative estimate of drug-likeness (QED) is 0.385. The number of alkyl halides is 3. The second-order valence-electron chi connectivity index (χ2n) is 7.71. The van der Waals surface area contributed by atoms with Crippen LogP contribution in [0.15, 0.2) is 66.0 Å². The van der Waals surface area contributed by atoms with Crippen LogP contribution in [-0.4, -0.2) is 31.5 Å². The summed E-state index contributed by atoms with van der Waals surface area (Å²) in [5.74, 6) is 1.56. The van der Waals surface area contributed by atoms with Crippen LogP contribution >= 0.6 is 0 Å². The fraction of sp³-hybridized carbons (Fsp3) is 0.208. The maximum atomic E-state index is 12.6. The summed E-state index contributed by atoms with van der Waals surface area (Å²) in [4.78, 5) is 31.3. The lowest BCUT2D eigenvalue weighted by Crippen LogP contribution is -2.18. The zero-order chi connectivity index (χ0) is 24.8. The van der Waals surface area contributed by atoms with Gasteiger partial charge >= 0.3 is 6.18 Å². The number of aromatic nitrogens is 5. The molecule has 0 atom stereocenters. The largest absolute Gasteiger partial charge is 0.439 e. The summed E-state index contributed by atoms with van der Waals surface area (Å²) >= 11 is 0. The molecule has 0 bridgehead atoms. The van der Waals surface area contributed by atoms with Gasteiger partial charge in [-0.25, -0.2) is 19.9 Å². The van der Waals surface area contributed by atoms with Crippen LogP contribution in [0.2, 0.25) is 0 Å². The van der Waals surface area contributed by atoms with Crippen LogP contribution in [-0.2, 0) is 19.0 Å². The lowest BCUT2D eigenvalue weighted by molar-refractivity contribution is -0.137. The van der Waals surface area contributed by atoms with Crippen LogP contribution < -0.4 is 15.6 Å². The van der Waals surface area contributed by atoms with Crippen molar-refractivity contribution in [3.05, 3.63) is 99.6 Å². The number of ether oxygens (including phenoxy) is 1. The third-order valence-electron chi connectivity index (χ3n) is 5.02. The molecule has 0 amide bonds. The van der Waals surface area contributed by atoms with Crippen LogP contribution in [0.3, 0.4) is 0 Å². The number of nitrogens with zero attached hydrogens (tertiary/aromatic N) is 4. The van der Waals surface area contributed by atoms with E-state index in [0.717, 1.165) is 23.4 Å². The van der Waals surface area contributed by atoms with E-state index in [0.29, 0.717) is 42.5 Å². The Labute approximate surface area is 198 Å². The van der Waals surface area contributed by atoms with Gasteiger partial charge in [0, 0.05) is 49.4 Å². The number of aromatic amines is 1. The SMILES string of the molecule is Cc1ncc(Cc2cnc(NCCc3ccc(Oc4ccc(C(F)(F)F)cn4)cc3)[nH]c2=O)cn1. The molecule has 1 aromatic carbocycles. The summed E-state index contributed by atoms with van der Waals surface area (Å²) in [5.41, 5.74) is 1.26. The molecule has 0 spiro atoms. The van der Waals surface area contributed by atoms with E-state index in [1.165, 1.54) is 12.3 Å². The third-order valence-corrected chi connectivity index (χ3v) is 5.02. The highest BCUT2D eigenvalue weighted by Crippen LogP contribution is 2.30. The molecule has 8 nitrogen and oxygen atoms in total. The summed E-state index contributed by atoms with van der Waals surface area (Å²) < 4.78 is 43.4. The zero-order valence-electron chi connectivity index (χ0n) is 18.6. The molecule has 0 saturated carbocycles. The predicted molar refractivity (Wildman–Crippen MR) is 122 cm³/mol. The third kappa shape index (κ3) is 6.62. The van der Waals surface area contributed by atoms with E-state index < -0.39 is 11.7 Å². The molecule has 0 radical (unpaired) electrons. The van der Waals surface area contributed by atoms with Crippen molar-refractivity contribution in [2.45, 2.75) is 25.9 Å². The lowest BCUT2D eigenvalue weighted by Gasteiger charge is -2.09. The van der Waals surface area contributed by atoms with Crippen molar-refractivity contribution >= 4 is 5.95 Å². The molecule has 4 aromatic rings. The van der Waals surface area contributed by atoms with Gasteiger partial charge in [0.1, 0.15) is 11.6 Å². The van der Waals surface area contributed by atoms with Crippen molar-refractivity contribution in [2.24, 2.45) is 0 Å². The Balaban J connectivity index is 1.27. The Hall–Kier alpha value is -4.28. The Bertz CT molecular complexity index is 1320. The van der Waals surface area contributed by atoms with Gasteiger partial charge in [-0.1, -0.05) is 12.1 Å². The average molecular weight is 482 g/mol. The fourth-order valence-corrected chi connectivity index (χ4v) is 3.15. The monoisotopic (exact) mass is 482 g/mol. The molecule has 11 heteroatoms. The van der Waals surface area contributed by atoms with Gasteiger partial charge in [0.25, 0.3) is 5.56 Å². The van der Waals surface area contributed by atoms with Crippen molar-refractivity contribution in [2.75, 3.05) is 11.9 Å². The second-order valence-corrected chi connectivity index (χ2v) is 7.71. The molecule has 0 saturated heterocycles. The molecular weight excluding hydrogens is 461 g/mol. The highest BCUT2D eigenvalue weighted by molar-refractivity contribution is 5.32. The minimum Gasteiger partial charge on any atom is -0.439 e. The summed E-state index contributed by atoms with van der Waals surface area (Å²) in [6, 6.07) is 9.18. The Kier molecular flexibility index (Phi) is 7.04. The van der Waals surface area contributed by atoms with E-state index in [2.05, 4.69) is 30.2 Å². The molecule has 35 heavy (non-hydrogen) atoms. The van der Waals surface area contributed by atoms with Crippen LogP contribution in [0.1, 0.15) is 28.1 Å². The topological polar surface area (TPSA) is 106 Å². The average Bonchev–Trinajstić information content (AvgIpc) is 2.83. The van der Waals surface area contributed by atoms with Crippen molar-refractivity contribution in [1.29, 1.82) is 0 Å². The number of pyridine rings is 1. The van der Waals surface area contributed by atoms with Gasteiger partial charge in [0.05, 0.1) is 5.56 Å². The van der Waals surface area contributed by atoms with Gasteiger partial charge < -0.3 is 10.1 Å². The number of aryl methyl sites for hydroxylation is 1. The maximum Gasteiger partial charge on any atom is 0.417 e. The molecule has 2 N–H and O–H groups in total. The predicted octanol–water partition coefficient (Wildman–Crippen LogP) is 4.32. The molecule has 3 heterocycles. The number of benzene rings is 1. The molecule has 0 unspecified atom stereocenters. The molecular formula is C24H21F3N6O2. The minimum absolute atomic E-state index is 0.0702. The number of anilines is 1. The number of nitrogens with one attached hydrogen (secondary N) is 2. The van der Waals surface area contributed by atoms with Crippen molar-refractivity contribution < 1.29 is 17.9 Å². The van der Waals surface area contributed by atoms with Crippen molar-refractivity contribution in [3.63, 3.8) is 0 Å². The van der Waals surface area contributed by atoms with Crippen molar-refractivity contribution in [1.82, 2.24) is 24.9 Å². The molecule has 4 rings (SSSR count). The first-order valence-electron chi connectivity index (χ1n) is 10.7. The van der Waals surface area contributed by atoms with Crippen LogP contribution in [0.4, 0.5) is 19.1 Å². The number of halogens is 3. The van der Waals surface area contributed by atoms with Gasteiger partial charge in [-0.15, -0.1) is 0 Å². The van der Waals surface area contributed by atoms with Crippen LogP contribution in [0, 0.1) is 6.92 Å². The summed E-state index contributed by atoms with van der Waals surface area (Å²) in [5, 5.41) is 3.08. The molecule has 180 valence electrons. The molecule has 3 aromatic heterocycles. The Morgan fingerprint density at radius 3 is 2.29 bits per heavy atom. The van der Waals surface area contributed by atoms with Gasteiger partial charge in [0.2, 0.25) is 11.8 Å². The number of rotatable bonds is 8. The maximum absolute atomic E-state index is 12.6. The summed E-state index contributed by atoms with van der Waals surface area (Å²) in [6.07, 6.45) is 2.22. The first-order chi connectivity index (χ1) is 16.8. The highest BCUT2D eigenvalue weighted by atomic mass is 19.4. The first kappa shape index (κ1) is 23.9. The smallest absolute Gasteiger partial charge is 0.417 e. The number of hydrogen-bond donors (Lipinski definition) is 2. The van der Waals surface area contributed by atoms with E-state index in [4.69, 9.17) is 4.74 Å². The van der Waals surface area contributed by atoms with E-state index in [-0.39, 0.29) is 11.4 Å². The molecule has 0 aliphatic heterocycles. The van der Waals surface area contributed by atoms with Gasteiger partial charge in [-0.05, 0) is 42.7 Å². The van der Waals surface area contributed by atoms with E-state index in [9.17, 15) is 18.0 Å². The zero-order valence-corrected chi connectivity index (χ0v) is 18.6. The minimum atomic E-state index is -4.44. The van der Waals surface area contributed by atoms with E-state index >= 15 is 0 Å². The van der Waals surface area contributed by atoms with Gasteiger partial charge in [0.15, 0.2) is 0 Å². The van der Waals surface area contributed by atoms with Gasteiger partial charge in [-0.2, -0.15) is 13.2 Å². The second kappa shape index (κ2) is 10.3. The Morgan fingerprint density at radius 2 is 1.66 bits per heavy atom. The number of hydrogen-bond acceptors (Lipinski definition) is 7. The number of H-pyrrole nitrogens is 1. The summed E-state index contributed by atoms with van der Waals surface area (Å²) in [6.45, 7) is 2.32. The Morgan fingerprint density at radius 1 is 0.914 bits per heavy atom. The normalized spacial score (nSPS) is 11.3. The van der Waals surface area contributed by atoms with Crippen LogP contribution in [0.25, 0.3) is 0 Å². The first-order valence-corrected chi connectivity index (χ1v) is 10.7. The standard InChI is InChI=1S/C24H21F3N6O2/c1-15-29-11-17(12-30-15)10-18-13-32-23(33-22(18)34)28-9-8-16-2-5-20(6-3-16)35-21-7-4-19(14-31-21)24(25,26)27/h2-7,11-14H,8-10H2,1H3,(H2,28,32,33,34). The molecule has 0 fully saturated rings. The van der Waals surface area contributed by atoms with E-state index in [1.807, 2.05) is 12.1 Å². The lowest BCUT2D eigenvalue weighted by atomic mass is 10.1. The molecule has 0 aliphatic carbocycles.